The van der Waals surface area contributed by atoms with Crippen LogP contribution < -0.4 is 0 Å². The number of pyridine rings is 1. The van der Waals surface area contributed by atoms with Crippen LogP contribution in [0, 0.1) is 0 Å². The van der Waals surface area contributed by atoms with E-state index in [0.717, 1.165) is 5.75 Å². The van der Waals surface area contributed by atoms with Crippen LogP contribution in [0.4, 0.5) is 0 Å². The molecule has 102 valence electrons. The number of rotatable bonds is 2. The molecule has 0 atom stereocenters. The van der Waals surface area contributed by atoms with Crippen molar-refractivity contribution in [2.24, 2.45) is 0 Å². The third kappa shape index (κ3) is 3.26. The first-order valence-electron chi connectivity index (χ1n) is 6.03. The lowest BCUT2D eigenvalue weighted by Crippen LogP contribution is -2.46. The Bertz CT molecular complexity index is 516. The summed E-state index contributed by atoms with van der Waals surface area (Å²) >= 11 is 1.84. The number of carbonyl (C=O) groups is 2. The summed E-state index contributed by atoms with van der Waals surface area (Å²) in [5, 5.41) is 8.89. The van der Waals surface area contributed by atoms with Gasteiger partial charge in [-0.3, -0.25) is 4.79 Å². The number of aromatic carboxylic acids is 1. The van der Waals surface area contributed by atoms with Gasteiger partial charge in [-0.05, 0) is 26.0 Å². The minimum absolute atomic E-state index is 0.0261. The first-order valence-corrected chi connectivity index (χ1v) is 7.01. The van der Waals surface area contributed by atoms with Crippen molar-refractivity contribution in [3.8, 4) is 0 Å². The van der Waals surface area contributed by atoms with E-state index in [1.807, 2.05) is 11.8 Å². The van der Waals surface area contributed by atoms with Crippen molar-refractivity contribution in [1.82, 2.24) is 9.88 Å². The lowest BCUT2D eigenvalue weighted by molar-refractivity contribution is 0.0689. The number of hydrogen-bond acceptors (Lipinski definition) is 4. The Balaban J connectivity index is 2.19. The van der Waals surface area contributed by atoms with Crippen molar-refractivity contribution >= 4 is 23.6 Å². The van der Waals surface area contributed by atoms with Crippen molar-refractivity contribution in [2.75, 3.05) is 18.8 Å². The zero-order chi connectivity index (χ0) is 14.0. The Morgan fingerprint density at radius 2 is 2.05 bits per heavy atom. The molecular weight excluding hydrogens is 264 g/mol. The first-order chi connectivity index (χ1) is 8.89. The molecule has 2 rings (SSSR count). The topological polar surface area (TPSA) is 70.5 Å². The van der Waals surface area contributed by atoms with Crippen LogP contribution in [0.3, 0.4) is 0 Å². The smallest absolute Gasteiger partial charge is 0.354 e. The molecule has 0 radical (unpaired) electrons. The summed E-state index contributed by atoms with van der Waals surface area (Å²) < 4.78 is 0.0261. The quantitative estimate of drug-likeness (QED) is 0.893. The minimum atomic E-state index is -1.12. The summed E-state index contributed by atoms with van der Waals surface area (Å²) in [6, 6.07) is 4.49. The number of hydrogen-bond donors (Lipinski definition) is 1. The number of carboxylic acids is 1. The maximum Gasteiger partial charge on any atom is 0.354 e. The van der Waals surface area contributed by atoms with E-state index in [2.05, 4.69) is 18.8 Å². The monoisotopic (exact) mass is 280 g/mol. The standard InChI is InChI=1S/C13H16N2O3S/c1-13(2)8-15(6-7-19-13)11(16)9-4-3-5-10(14-9)12(17)18/h3-5H,6-8H2,1-2H3,(H,17,18). The zero-order valence-electron chi connectivity index (χ0n) is 10.9. The number of aromatic nitrogens is 1. The molecule has 1 fully saturated rings. The normalized spacial score (nSPS) is 18.1. The van der Waals surface area contributed by atoms with Gasteiger partial charge in [0.2, 0.25) is 0 Å². The number of carbonyl (C=O) groups excluding carboxylic acids is 1. The Morgan fingerprint density at radius 3 is 2.68 bits per heavy atom. The Labute approximate surface area is 116 Å². The fourth-order valence-electron chi connectivity index (χ4n) is 2.02. The van der Waals surface area contributed by atoms with Gasteiger partial charge in [-0.25, -0.2) is 9.78 Å². The van der Waals surface area contributed by atoms with Crippen molar-refractivity contribution in [2.45, 2.75) is 18.6 Å². The fraction of sp³-hybridized carbons (Fsp3) is 0.462. The second-order valence-electron chi connectivity index (χ2n) is 5.05. The molecule has 0 bridgehead atoms. The average molecular weight is 280 g/mol. The second kappa shape index (κ2) is 5.21. The van der Waals surface area contributed by atoms with Crippen LogP contribution >= 0.6 is 11.8 Å². The summed E-state index contributed by atoms with van der Waals surface area (Å²) in [7, 11) is 0. The summed E-state index contributed by atoms with van der Waals surface area (Å²) in [6.45, 7) is 5.51. The van der Waals surface area contributed by atoms with Crippen LogP contribution in [0.25, 0.3) is 0 Å². The number of nitrogens with zero attached hydrogens (tertiary/aromatic N) is 2. The van der Waals surface area contributed by atoms with Gasteiger partial charge in [-0.2, -0.15) is 11.8 Å². The molecule has 0 aliphatic carbocycles. The fourth-order valence-corrected chi connectivity index (χ4v) is 3.14. The zero-order valence-corrected chi connectivity index (χ0v) is 11.7. The third-order valence-corrected chi connectivity index (χ3v) is 4.20. The minimum Gasteiger partial charge on any atom is -0.477 e. The summed E-state index contributed by atoms with van der Waals surface area (Å²) in [4.78, 5) is 28.8. The Hall–Kier alpha value is -1.56. The molecule has 1 aliphatic heterocycles. The van der Waals surface area contributed by atoms with E-state index in [4.69, 9.17) is 5.11 Å². The molecule has 19 heavy (non-hydrogen) atoms. The molecule has 0 saturated carbocycles. The maximum atomic E-state index is 12.3. The van der Waals surface area contributed by atoms with Gasteiger partial charge in [-0.15, -0.1) is 0 Å². The maximum absolute atomic E-state index is 12.3. The SMILES string of the molecule is CC1(C)CN(C(=O)c2cccc(C(=O)O)n2)CCS1. The highest BCUT2D eigenvalue weighted by Crippen LogP contribution is 2.29. The van der Waals surface area contributed by atoms with Crippen LogP contribution in [0.1, 0.15) is 34.8 Å². The van der Waals surface area contributed by atoms with Crippen LogP contribution in [0.5, 0.6) is 0 Å². The van der Waals surface area contributed by atoms with Gasteiger partial charge in [0.15, 0.2) is 0 Å². The number of thioether (sulfide) groups is 1. The molecule has 2 heterocycles. The summed E-state index contributed by atoms with van der Waals surface area (Å²) in [6.07, 6.45) is 0. The lowest BCUT2D eigenvalue weighted by Gasteiger charge is -2.37. The van der Waals surface area contributed by atoms with Crippen molar-refractivity contribution in [3.63, 3.8) is 0 Å². The van der Waals surface area contributed by atoms with E-state index in [0.29, 0.717) is 13.1 Å². The lowest BCUT2D eigenvalue weighted by atomic mass is 10.1. The summed E-state index contributed by atoms with van der Waals surface area (Å²) in [5.41, 5.74) is 0.0964. The molecule has 1 aromatic rings. The molecule has 0 unspecified atom stereocenters. The van der Waals surface area contributed by atoms with Crippen LogP contribution in [0.2, 0.25) is 0 Å². The third-order valence-electron chi connectivity index (χ3n) is 2.90. The molecule has 6 heteroatoms. The van der Waals surface area contributed by atoms with Gasteiger partial charge in [0.05, 0.1) is 0 Å². The predicted molar refractivity (Wildman–Crippen MR) is 73.6 cm³/mol. The summed E-state index contributed by atoms with van der Waals surface area (Å²) in [5.74, 6) is -0.433. The van der Waals surface area contributed by atoms with E-state index in [1.165, 1.54) is 6.07 Å². The molecule has 0 aromatic carbocycles. The molecule has 0 spiro atoms. The van der Waals surface area contributed by atoms with Gasteiger partial charge in [0, 0.05) is 23.6 Å². The largest absolute Gasteiger partial charge is 0.477 e. The number of amides is 1. The highest BCUT2D eigenvalue weighted by Gasteiger charge is 2.30. The van der Waals surface area contributed by atoms with E-state index in [9.17, 15) is 9.59 Å². The molecule has 1 aliphatic rings. The van der Waals surface area contributed by atoms with E-state index >= 15 is 0 Å². The van der Waals surface area contributed by atoms with Crippen LogP contribution in [-0.2, 0) is 0 Å². The molecule has 1 N–H and O–H groups in total. The first kappa shape index (κ1) is 13.9. The van der Waals surface area contributed by atoms with Gasteiger partial charge < -0.3 is 10.0 Å². The highest BCUT2D eigenvalue weighted by molar-refractivity contribution is 8.00. The van der Waals surface area contributed by atoms with Gasteiger partial charge in [0.1, 0.15) is 11.4 Å². The molecular formula is C13H16N2O3S. The molecule has 5 nitrogen and oxygen atoms in total. The van der Waals surface area contributed by atoms with E-state index in [1.54, 1.807) is 17.0 Å². The van der Waals surface area contributed by atoms with Crippen LogP contribution in [-0.4, -0.2) is 50.5 Å². The average Bonchev–Trinajstić information content (AvgIpc) is 2.37. The highest BCUT2D eigenvalue weighted by atomic mass is 32.2. The Kier molecular flexibility index (Phi) is 3.80. The molecule has 1 aromatic heterocycles. The van der Waals surface area contributed by atoms with Crippen molar-refractivity contribution < 1.29 is 14.7 Å². The van der Waals surface area contributed by atoms with Gasteiger partial charge in [-0.1, -0.05) is 6.07 Å². The van der Waals surface area contributed by atoms with Crippen molar-refractivity contribution in [1.29, 1.82) is 0 Å². The van der Waals surface area contributed by atoms with E-state index in [-0.39, 0.29) is 22.0 Å². The second-order valence-corrected chi connectivity index (χ2v) is 6.85. The van der Waals surface area contributed by atoms with Crippen LogP contribution in [0.15, 0.2) is 18.2 Å². The van der Waals surface area contributed by atoms with Gasteiger partial charge in [0.25, 0.3) is 5.91 Å². The molecule has 1 saturated heterocycles. The molecule has 1 amide bonds. The van der Waals surface area contributed by atoms with Gasteiger partial charge >= 0.3 is 5.97 Å². The van der Waals surface area contributed by atoms with Crippen molar-refractivity contribution in [3.05, 3.63) is 29.6 Å². The number of carboxylic acid groups (broad SMARTS) is 1. The Morgan fingerprint density at radius 1 is 1.37 bits per heavy atom. The van der Waals surface area contributed by atoms with E-state index < -0.39 is 5.97 Å². The predicted octanol–water partition coefficient (Wildman–Crippen LogP) is 1.75.